The van der Waals surface area contributed by atoms with Crippen molar-refractivity contribution in [3.05, 3.63) is 41.7 Å². The van der Waals surface area contributed by atoms with Gasteiger partial charge in [-0.1, -0.05) is 12.1 Å². The molecule has 1 aromatic carbocycles. The number of aromatic nitrogens is 2. The van der Waals surface area contributed by atoms with Crippen LogP contribution >= 0.6 is 11.7 Å². The van der Waals surface area contributed by atoms with E-state index in [4.69, 9.17) is 4.74 Å². The molecule has 1 aromatic heterocycles. The molecule has 0 amide bonds. The first kappa shape index (κ1) is 11.0. The quantitative estimate of drug-likeness (QED) is 0.878. The molecule has 0 aliphatic carbocycles. The number of nitrogens with one attached hydrogen (secondary N) is 1. The molecule has 2 rings (SSSR count). The maximum Gasteiger partial charge on any atom is 0.118 e. The van der Waals surface area contributed by atoms with Crippen molar-refractivity contribution in [2.45, 2.75) is 6.04 Å². The first-order chi connectivity index (χ1) is 7.85. The Kier molecular flexibility index (Phi) is 3.48. The Morgan fingerprint density at radius 2 is 2.06 bits per heavy atom. The van der Waals surface area contributed by atoms with Crippen molar-refractivity contribution in [3.8, 4) is 5.75 Å². The van der Waals surface area contributed by atoms with Crippen molar-refractivity contribution in [3.63, 3.8) is 0 Å². The highest BCUT2D eigenvalue weighted by Gasteiger charge is 2.14. The maximum atomic E-state index is 5.13. The van der Waals surface area contributed by atoms with Gasteiger partial charge in [0.1, 0.15) is 5.75 Å². The third-order valence-electron chi connectivity index (χ3n) is 2.41. The fourth-order valence-electron chi connectivity index (χ4n) is 1.58. The van der Waals surface area contributed by atoms with Crippen LogP contribution in [-0.2, 0) is 0 Å². The topological polar surface area (TPSA) is 47.0 Å². The molecule has 0 spiro atoms. The first-order valence-corrected chi connectivity index (χ1v) is 5.67. The summed E-state index contributed by atoms with van der Waals surface area (Å²) in [5.74, 6) is 0.856. The summed E-state index contributed by atoms with van der Waals surface area (Å²) in [6.07, 6.45) is 1.79. The summed E-state index contributed by atoms with van der Waals surface area (Å²) < 4.78 is 13.4. The smallest absolute Gasteiger partial charge is 0.118 e. The lowest BCUT2D eigenvalue weighted by Crippen LogP contribution is -2.17. The Morgan fingerprint density at radius 3 is 2.56 bits per heavy atom. The Bertz CT molecular complexity index is 427. The van der Waals surface area contributed by atoms with Gasteiger partial charge in [-0.15, -0.1) is 0 Å². The Balaban J connectivity index is 2.27. The second-order valence-electron chi connectivity index (χ2n) is 3.33. The van der Waals surface area contributed by atoms with Crippen molar-refractivity contribution in [1.29, 1.82) is 0 Å². The van der Waals surface area contributed by atoms with Crippen LogP contribution in [0.25, 0.3) is 0 Å². The van der Waals surface area contributed by atoms with E-state index in [2.05, 4.69) is 14.1 Å². The lowest BCUT2D eigenvalue weighted by Gasteiger charge is -2.13. The fraction of sp³-hybridized carbons (Fsp3) is 0.273. The van der Waals surface area contributed by atoms with Crippen molar-refractivity contribution in [1.82, 2.24) is 14.1 Å². The van der Waals surface area contributed by atoms with Crippen LogP contribution in [0.4, 0.5) is 0 Å². The summed E-state index contributed by atoms with van der Waals surface area (Å²) in [7, 11) is 3.57. The Labute approximate surface area is 98.6 Å². The monoisotopic (exact) mass is 235 g/mol. The highest BCUT2D eigenvalue weighted by Crippen LogP contribution is 2.22. The molecular formula is C11H13N3OS. The average Bonchev–Trinajstić information content (AvgIpc) is 2.85. The first-order valence-electron chi connectivity index (χ1n) is 4.94. The zero-order valence-electron chi connectivity index (χ0n) is 9.18. The summed E-state index contributed by atoms with van der Waals surface area (Å²) >= 11 is 1.22. The zero-order chi connectivity index (χ0) is 11.4. The van der Waals surface area contributed by atoms with Crippen molar-refractivity contribution >= 4 is 11.7 Å². The van der Waals surface area contributed by atoms with Crippen LogP contribution in [0, 0.1) is 0 Å². The average molecular weight is 235 g/mol. The van der Waals surface area contributed by atoms with Crippen LogP contribution < -0.4 is 10.1 Å². The van der Waals surface area contributed by atoms with Gasteiger partial charge in [-0.2, -0.15) is 8.75 Å². The van der Waals surface area contributed by atoms with Crippen LogP contribution in [0.5, 0.6) is 5.75 Å². The molecule has 16 heavy (non-hydrogen) atoms. The van der Waals surface area contributed by atoms with Gasteiger partial charge < -0.3 is 10.1 Å². The molecule has 2 aromatic rings. The summed E-state index contributed by atoms with van der Waals surface area (Å²) in [5.41, 5.74) is 2.09. The molecule has 4 nitrogen and oxygen atoms in total. The summed E-state index contributed by atoms with van der Waals surface area (Å²) in [6.45, 7) is 0. The van der Waals surface area contributed by atoms with Gasteiger partial charge in [0.2, 0.25) is 0 Å². The van der Waals surface area contributed by atoms with E-state index in [1.807, 2.05) is 31.3 Å². The highest BCUT2D eigenvalue weighted by atomic mass is 32.1. The molecule has 84 valence electrons. The molecule has 0 bridgehead atoms. The number of hydrogen-bond donors (Lipinski definition) is 1. The molecule has 0 saturated heterocycles. The van der Waals surface area contributed by atoms with E-state index in [-0.39, 0.29) is 6.04 Å². The molecule has 5 heteroatoms. The number of hydrogen-bond acceptors (Lipinski definition) is 5. The normalized spacial score (nSPS) is 12.4. The lowest BCUT2D eigenvalue weighted by molar-refractivity contribution is 0.414. The predicted octanol–water partition coefficient (Wildman–Crippen LogP) is 1.86. The summed E-state index contributed by atoms with van der Waals surface area (Å²) in [6, 6.07) is 8.03. The molecule has 0 aliphatic rings. The van der Waals surface area contributed by atoms with Crippen LogP contribution in [0.3, 0.4) is 0 Å². The standard InChI is InChI=1S/C11H13N3OS/c1-12-11(10-7-13-16-14-10)8-3-5-9(15-2)6-4-8/h3-7,11-12H,1-2H3. The fourth-order valence-corrected chi connectivity index (χ4v) is 2.03. The molecule has 1 atom stereocenters. The minimum Gasteiger partial charge on any atom is -0.497 e. The Hall–Kier alpha value is -1.46. The van der Waals surface area contributed by atoms with Gasteiger partial charge >= 0.3 is 0 Å². The minimum atomic E-state index is 0.0876. The van der Waals surface area contributed by atoms with Gasteiger partial charge in [0.25, 0.3) is 0 Å². The molecule has 0 fully saturated rings. The van der Waals surface area contributed by atoms with Gasteiger partial charge in [0.15, 0.2) is 0 Å². The van der Waals surface area contributed by atoms with E-state index in [0.29, 0.717) is 0 Å². The number of rotatable bonds is 4. The predicted molar refractivity (Wildman–Crippen MR) is 63.8 cm³/mol. The largest absolute Gasteiger partial charge is 0.497 e. The molecule has 0 saturated carbocycles. The third kappa shape index (κ3) is 2.20. The van der Waals surface area contributed by atoms with E-state index in [0.717, 1.165) is 17.0 Å². The van der Waals surface area contributed by atoms with E-state index in [1.165, 1.54) is 11.7 Å². The third-order valence-corrected chi connectivity index (χ3v) is 2.90. The zero-order valence-corrected chi connectivity index (χ0v) is 9.99. The molecule has 1 heterocycles. The van der Waals surface area contributed by atoms with Crippen molar-refractivity contribution < 1.29 is 4.74 Å². The van der Waals surface area contributed by atoms with Gasteiger partial charge in [0, 0.05) is 0 Å². The van der Waals surface area contributed by atoms with Crippen molar-refractivity contribution in [2.75, 3.05) is 14.2 Å². The van der Waals surface area contributed by atoms with E-state index >= 15 is 0 Å². The van der Waals surface area contributed by atoms with Gasteiger partial charge in [-0.3, -0.25) is 0 Å². The SMILES string of the molecule is CNC(c1ccc(OC)cc1)c1cnsn1. The van der Waals surface area contributed by atoms with Crippen LogP contribution in [0.15, 0.2) is 30.5 Å². The van der Waals surface area contributed by atoms with E-state index in [9.17, 15) is 0 Å². The second kappa shape index (κ2) is 5.05. The molecule has 0 aliphatic heterocycles. The van der Waals surface area contributed by atoms with Crippen LogP contribution in [-0.4, -0.2) is 22.9 Å². The van der Waals surface area contributed by atoms with Crippen LogP contribution in [0.2, 0.25) is 0 Å². The summed E-state index contributed by atoms with van der Waals surface area (Å²) in [4.78, 5) is 0. The Morgan fingerprint density at radius 1 is 1.31 bits per heavy atom. The minimum absolute atomic E-state index is 0.0876. The molecule has 1 N–H and O–H groups in total. The number of benzene rings is 1. The molecular weight excluding hydrogens is 222 g/mol. The number of methoxy groups -OCH3 is 1. The van der Waals surface area contributed by atoms with E-state index in [1.54, 1.807) is 13.3 Å². The number of ether oxygens (including phenoxy) is 1. The van der Waals surface area contributed by atoms with Crippen LogP contribution in [0.1, 0.15) is 17.3 Å². The summed E-state index contributed by atoms with van der Waals surface area (Å²) in [5, 5.41) is 3.22. The van der Waals surface area contributed by atoms with Gasteiger partial charge in [-0.05, 0) is 24.7 Å². The molecule has 1 unspecified atom stereocenters. The van der Waals surface area contributed by atoms with Crippen molar-refractivity contribution in [2.24, 2.45) is 0 Å². The van der Waals surface area contributed by atoms with Gasteiger partial charge in [0.05, 0.1) is 36.8 Å². The van der Waals surface area contributed by atoms with E-state index < -0.39 is 0 Å². The highest BCUT2D eigenvalue weighted by molar-refractivity contribution is 6.99. The number of nitrogens with zero attached hydrogens (tertiary/aromatic N) is 2. The molecule has 0 radical (unpaired) electrons. The van der Waals surface area contributed by atoms with Gasteiger partial charge in [-0.25, -0.2) is 0 Å². The lowest BCUT2D eigenvalue weighted by atomic mass is 10.0. The maximum absolute atomic E-state index is 5.13. The second-order valence-corrected chi connectivity index (χ2v) is 3.88.